The molecule has 5 nitrogen and oxygen atoms in total. The predicted molar refractivity (Wildman–Crippen MR) is 101 cm³/mol. The zero-order chi connectivity index (χ0) is 17.3. The Hall–Kier alpha value is -2.92. The minimum absolute atomic E-state index is 0.224. The molecule has 1 aliphatic heterocycles. The first-order valence-electron chi connectivity index (χ1n) is 8.31. The summed E-state index contributed by atoms with van der Waals surface area (Å²) < 4.78 is 5.35. The van der Waals surface area contributed by atoms with E-state index in [0.717, 1.165) is 37.6 Å². The zero-order valence-electron chi connectivity index (χ0n) is 14.0. The van der Waals surface area contributed by atoms with Gasteiger partial charge in [-0.05, 0) is 35.9 Å². The van der Waals surface area contributed by atoms with Gasteiger partial charge in [-0.3, -0.25) is 4.79 Å². The monoisotopic (exact) mass is 335 g/mol. The lowest BCUT2D eigenvalue weighted by Gasteiger charge is -2.28. The van der Waals surface area contributed by atoms with Gasteiger partial charge < -0.3 is 9.64 Å². The maximum absolute atomic E-state index is 12.1. The minimum atomic E-state index is -0.224. The Morgan fingerprint density at radius 1 is 1.04 bits per heavy atom. The Morgan fingerprint density at radius 2 is 1.76 bits per heavy atom. The molecule has 0 radical (unpaired) electrons. The molecule has 1 saturated heterocycles. The number of morpholine rings is 1. The van der Waals surface area contributed by atoms with Crippen molar-refractivity contribution in [2.24, 2.45) is 5.10 Å². The first-order valence-corrected chi connectivity index (χ1v) is 8.31. The van der Waals surface area contributed by atoms with Crippen LogP contribution in [-0.4, -0.2) is 38.4 Å². The van der Waals surface area contributed by atoms with E-state index in [-0.39, 0.29) is 5.91 Å². The van der Waals surface area contributed by atoms with Crippen molar-refractivity contribution >= 4 is 23.9 Å². The lowest BCUT2D eigenvalue weighted by atomic mass is 10.2. The molecule has 0 aromatic heterocycles. The van der Waals surface area contributed by atoms with Crippen molar-refractivity contribution in [1.29, 1.82) is 0 Å². The summed E-state index contributed by atoms with van der Waals surface area (Å²) in [6.45, 7) is 3.24. The summed E-state index contributed by atoms with van der Waals surface area (Å²) in [5.74, 6) is -0.224. The van der Waals surface area contributed by atoms with E-state index in [9.17, 15) is 4.79 Å². The molecule has 1 heterocycles. The number of carbonyl (C=O) groups excluding carboxylic acids is 1. The number of allylic oxidation sites excluding steroid dienone is 1. The molecule has 5 heteroatoms. The van der Waals surface area contributed by atoms with Gasteiger partial charge >= 0.3 is 0 Å². The maximum Gasteiger partial charge on any atom is 0.271 e. The third-order valence-corrected chi connectivity index (χ3v) is 3.92. The molecule has 3 rings (SSSR count). The van der Waals surface area contributed by atoms with Crippen LogP contribution in [0.4, 0.5) is 5.69 Å². The Labute approximate surface area is 147 Å². The highest BCUT2D eigenvalue weighted by Crippen LogP contribution is 2.16. The van der Waals surface area contributed by atoms with Crippen LogP contribution in [0, 0.1) is 0 Å². The van der Waals surface area contributed by atoms with E-state index in [1.54, 1.807) is 12.3 Å². The molecule has 128 valence electrons. The fourth-order valence-electron chi connectivity index (χ4n) is 2.57. The quantitative estimate of drug-likeness (QED) is 0.675. The Balaban J connectivity index is 1.51. The number of hydrogen-bond donors (Lipinski definition) is 1. The van der Waals surface area contributed by atoms with E-state index in [1.807, 2.05) is 60.7 Å². The van der Waals surface area contributed by atoms with Gasteiger partial charge in [0.2, 0.25) is 0 Å². The fraction of sp³-hybridized carbons (Fsp3) is 0.200. The van der Waals surface area contributed by atoms with E-state index in [4.69, 9.17) is 4.74 Å². The highest BCUT2D eigenvalue weighted by atomic mass is 16.5. The third kappa shape index (κ3) is 5.02. The van der Waals surface area contributed by atoms with Crippen molar-refractivity contribution in [1.82, 2.24) is 5.43 Å². The van der Waals surface area contributed by atoms with Gasteiger partial charge in [0.1, 0.15) is 0 Å². The molecule has 0 saturated carbocycles. The van der Waals surface area contributed by atoms with Crippen molar-refractivity contribution in [2.45, 2.75) is 0 Å². The van der Waals surface area contributed by atoms with E-state index in [2.05, 4.69) is 15.4 Å². The second kappa shape index (κ2) is 8.80. The summed E-state index contributed by atoms with van der Waals surface area (Å²) in [6.07, 6.45) is 5.27. The minimum Gasteiger partial charge on any atom is -0.378 e. The second-order valence-electron chi connectivity index (χ2n) is 5.64. The predicted octanol–water partition coefficient (Wildman–Crippen LogP) is 2.95. The Bertz CT molecular complexity index is 733. The molecule has 1 aliphatic rings. The summed E-state index contributed by atoms with van der Waals surface area (Å²) in [7, 11) is 0. The first-order chi connectivity index (χ1) is 12.3. The fourth-order valence-corrected chi connectivity index (χ4v) is 2.57. The van der Waals surface area contributed by atoms with Gasteiger partial charge in [-0.1, -0.05) is 36.4 Å². The van der Waals surface area contributed by atoms with E-state index in [0.29, 0.717) is 5.56 Å². The van der Waals surface area contributed by atoms with Gasteiger partial charge in [-0.15, -0.1) is 0 Å². The number of amides is 1. The molecule has 0 spiro atoms. The van der Waals surface area contributed by atoms with Crippen molar-refractivity contribution in [2.75, 3.05) is 31.2 Å². The van der Waals surface area contributed by atoms with Crippen LogP contribution in [0.1, 0.15) is 15.9 Å². The van der Waals surface area contributed by atoms with Crippen LogP contribution in [0.2, 0.25) is 0 Å². The Kier molecular flexibility index (Phi) is 5.96. The molecule has 0 aliphatic carbocycles. The van der Waals surface area contributed by atoms with Crippen molar-refractivity contribution in [3.8, 4) is 0 Å². The van der Waals surface area contributed by atoms with Crippen LogP contribution in [0.5, 0.6) is 0 Å². The molecule has 2 aromatic carbocycles. The van der Waals surface area contributed by atoms with Crippen LogP contribution < -0.4 is 10.3 Å². The number of hydrogen-bond acceptors (Lipinski definition) is 4. The van der Waals surface area contributed by atoms with Crippen molar-refractivity contribution in [3.63, 3.8) is 0 Å². The number of hydrazone groups is 1. The molecular weight excluding hydrogens is 314 g/mol. The topological polar surface area (TPSA) is 53.9 Å². The third-order valence-electron chi connectivity index (χ3n) is 3.92. The van der Waals surface area contributed by atoms with Gasteiger partial charge in [-0.2, -0.15) is 5.10 Å². The van der Waals surface area contributed by atoms with Crippen LogP contribution in [0.3, 0.4) is 0 Å². The molecule has 1 N–H and O–H groups in total. The smallest absolute Gasteiger partial charge is 0.271 e. The van der Waals surface area contributed by atoms with Crippen LogP contribution in [0.15, 0.2) is 65.8 Å². The summed E-state index contributed by atoms with van der Waals surface area (Å²) >= 11 is 0. The van der Waals surface area contributed by atoms with Crippen molar-refractivity contribution in [3.05, 3.63) is 71.8 Å². The summed E-state index contributed by atoms with van der Waals surface area (Å²) in [5, 5.41) is 3.94. The normalized spacial score (nSPS) is 15.0. The molecular formula is C20H21N3O2. The van der Waals surface area contributed by atoms with E-state index < -0.39 is 0 Å². The highest BCUT2D eigenvalue weighted by Gasteiger charge is 2.11. The van der Waals surface area contributed by atoms with Gasteiger partial charge in [0.15, 0.2) is 0 Å². The van der Waals surface area contributed by atoms with Gasteiger partial charge in [-0.25, -0.2) is 5.43 Å². The molecule has 2 aromatic rings. The zero-order valence-corrected chi connectivity index (χ0v) is 14.0. The lowest BCUT2D eigenvalue weighted by Crippen LogP contribution is -2.36. The largest absolute Gasteiger partial charge is 0.378 e. The summed E-state index contributed by atoms with van der Waals surface area (Å²) in [6, 6.07) is 17.5. The lowest BCUT2D eigenvalue weighted by molar-refractivity contribution is 0.0955. The number of rotatable bonds is 5. The van der Waals surface area contributed by atoms with E-state index in [1.165, 1.54) is 0 Å². The molecule has 0 bridgehead atoms. The highest BCUT2D eigenvalue weighted by molar-refractivity contribution is 5.95. The molecule has 1 fully saturated rings. The van der Waals surface area contributed by atoms with Crippen LogP contribution in [-0.2, 0) is 4.74 Å². The number of ether oxygens (including phenoxy) is 1. The van der Waals surface area contributed by atoms with E-state index >= 15 is 0 Å². The Morgan fingerprint density at radius 3 is 2.48 bits per heavy atom. The summed E-state index contributed by atoms with van der Waals surface area (Å²) in [5.41, 5.74) is 5.30. The van der Waals surface area contributed by atoms with Gasteiger partial charge in [0.25, 0.3) is 5.91 Å². The average Bonchev–Trinajstić information content (AvgIpc) is 2.69. The maximum atomic E-state index is 12.1. The molecule has 0 atom stereocenters. The van der Waals surface area contributed by atoms with Crippen LogP contribution >= 0.6 is 0 Å². The number of benzene rings is 2. The summed E-state index contributed by atoms with van der Waals surface area (Å²) in [4.78, 5) is 14.3. The molecule has 0 unspecified atom stereocenters. The number of carbonyl (C=O) groups is 1. The van der Waals surface area contributed by atoms with Crippen molar-refractivity contribution < 1.29 is 9.53 Å². The standard InChI is InChI=1S/C20H21N3O2/c24-20(22-21-12-4-7-17-5-2-1-3-6-17)18-8-10-19(11-9-18)23-13-15-25-16-14-23/h1-12H,13-16H2,(H,22,24)/b7-4+,21-12-. The first kappa shape index (κ1) is 16.9. The number of nitrogens with one attached hydrogen (secondary N) is 1. The van der Waals surface area contributed by atoms with Gasteiger partial charge in [0, 0.05) is 30.6 Å². The number of nitrogens with zero attached hydrogens (tertiary/aromatic N) is 2. The SMILES string of the molecule is O=C(N/N=C\C=C\c1ccccc1)c1ccc(N2CCOCC2)cc1. The van der Waals surface area contributed by atoms with Crippen LogP contribution in [0.25, 0.3) is 6.08 Å². The molecule has 25 heavy (non-hydrogen) atoms. The van der Waals surface area contributed by atoms with Gasteiger partial charge in [0.05, 0.1) is 13.2 Å². The average molecular weight is 335 g/mol. The second-order valence-corrected chi connectivity index (χ2v) is 5.64. The number of anilines is 1. The molecule has 1 amide bonds.